The quantitative estimate of drug-likeness (QED) is 0.384. The van der Waals surface area contributed by atoms with Crippen LogP contribution in [0.25, 0.3) is 0 Å². The summed E-state index contributed by atoms with van der Waals surface area (Å²) >= 11 is 0.591. The third-order valence-corrected chi connectivity index (χ3v) is 6.70. The van der Waals surface area contributed by atoms with Crippen LogP contribution in [0, 0.1) is 5.82 Å². The molecule has 0 saturated carbocycles. The molecule has 0 amide bonds. The molecule has 1 atom stereocenters. The Bertz CT molecular complexity index is 1200. The maximum Gasteiger partial charge on any atom is 0.443 e. The second kappa shape index (κ2) is 11.1. The van der Waals surface area contributed by atoms with E-state index < -0.39 is 11.2 Å². The van der Waals surface area contributed by atoms with Gasteiger partial charge in [-0.05, 0) is 42.7 Å². The standard InChI is InChI=1S/C23H21F4N5S.2ClH/c24-15-5-3-4-14(12-15)8-9-16-13-32(11-10-28-16)20-19-21(33-22(31-19)23(25,26)27)30-18-7-2-1-6-17(18)29-20;;/h1-7,12,16,28,30H,8-11,13H2;2*1H. The normalized spacial score (nSPS) is 17.1. The van der Waals surface area contributed by atoms with Gasteiger partial charge in [-0.3, -0.25) is 0 Å². The van der Waals surface area contributed by atoms with Crippen molar-refractivity contribution in [1.29, 1.82) is 0 Å². The van der Waals surface area contributed by atoms with Crippen LogP contribution in [0.1, 0.15) is 22.7 Å². The summed E-state index contributed by atoms with van der Waals surface area (Å²) in [5, 5.41) is 5.98. The molecule has 3 aromatic rings. The van der Waals surface area contributed by atoms with Crippen molar-refractivity contribution >= 4 is 58.4 Å². The van der Waals surface area contributed by atoms with E-state index in [-0.39, 0.29) is 42.4 Å². The van der Waals surface area contributed by atoms with Crippen molar-refractivity contribution < 1.29 is 17.6 Å². The van der Waals surface area contributed by atoms with Crippen LogP contribution in [0.3, 0.4) is 0 Å². The number of aliphatic imine (C=N–C) groups is 1. The van der Waals surface area contributed by atoms with Gasteiger partial charge in [0.2, 0.25) is 5.01 Å². The number of hydrogen-bond donors (Lipinski definition) is 2. The zero-order valence-corrected chi connectivity index (χ0v) is 20.8. The van der Waals surface area contributed by atoms with Crippen molar-refractivity contribution in [2.24, 2.45) is 4.99 Å². The first-order chi connectivity index (χ1) is 15.9. The van der Waals surface area contributed by atoms with Crippen LogP contribution >= 0.6 is 36.2 Å². The highest BCUT2D eigenvalue weighted by Crippen LogP contribution is 2.42. The summed E-state index contributed by atoms with van der Waals surface area (Å²) in [6.45, 7) is 1.82. The minimum Gasteiger partial charge on any atom is -0.352 e. The monoisotopic (exact) mass is 547 g/mol. The summed E-state index contributed by atoms with van der Waals surface area (Å²) in [4.78, 5) is 10.7. The first-order valence-electron chi connectivity index (χ1n) is 10.6. The minimum atomic E-state index is -4.53. The smallest absolute Gasteiger partial charge is 0.352 e. The number of alkyl halides is 3. The number of para-hydroxylation sites is 2. The number of fused-ring (bicyclic) bond motifs is 2. The molecule has 0 radical (unpaired) electrons. The van der Waals surface area contributed by atoms with E-state index in [2.05, 4.69) is 15.6 Å². The van der Waals surface area contributed by atoms with E-state index in [9.17, 15) is 17.6 Å². The summed E-state index contributed by atoms with van der Waals surface area (Å²) < 4.78 is 53.8. The molecule has 2 aliphatic rings. The van der Waals surface area contributed by atoms with Gasteiger partial charge in [-0.15, -0.1) is 24.8 Å². The predicted octanol–water partition coefficient (Wildman–Crippen LogP) is 6.19. The Morgan fingerprint density at radius 1 is 1.09 bits per heavy atom. The first kappa shape index (κ1) is 27.2. The summed E-state index contributed by atoms with van der Waals surface area (Å²) in [6.07, 6.45) is -3.07. The fraction of sp³-hybridized carbons (Fsp3) is 0.304. The molecule has 1 unspecified atom stereocenters. The zero-order valence-electron chi connectivity index (χ0n) is 18.3. The Hall–Kier alpha value is -2.40. The fourth-order valence-electron chi connectivity index (χ4n) is 4.11. The van der Waals surface area contributed by atoms with Gasteiger partial charge in [0.1, 0.15) is 16.5 Å². The first-order valence-corrected chi connectivity index (χ1v) is 11.4. The van der Waals surface area contributed by atoms with Crippen molar-refractivity contribution in [1.82, 2.24) is 15.2 Å². The molecule has 3 heterocycles. The number of anilines is 2. The summed E-state index contributed by atoms with van der Waals surface area (Å²) in [6, 6.07) is 13.9. The van der Waals surface area contributed by atoms with E-state index in [4.69, 9.17) is 4.99 Å². The van der Waals surface area contributed by atoms with Crippen LogP contribution in [0.15, 0.2) is 53.5 Å². The van der Waals surface area contributed by atoms with Gasteiger partial charge < -0.3 is 15.5 Å². The molecule has 35 heavy (non-hydrogen) atoms. The second-order valence-electron chi connectivity index (χ2n) is 8.04. The number of rotatable bonds is 3. The highest BCUT2D eigenvalue weighted by atomic mass is 35.5. The molecular weight excluding hydrogens is 525 g/mol. The lowest BCUT2D eigenvalue weighted by atomic mass is 10.0. The summed E-state index contributed by atoms with van der Waals surface area (Å²) in [5.74, 6) is 0.174. The van der Waals surface area contributed by atoms with Crippen LogP contribution in [-0.4, -0.2) is 41.4 Å². The van der Waals surface area contributed by atoms with Gasteiger partial charge in [0.05, 0.1) is 11.4 Å². The number of amidine groups is 1. The van der Waals surface area contributed by atoms with E-state index in [0.29, 0.717) is 59.6 Å². The number of nitrogens with zero attached hydrogens (tertiary/aromatic N) is 3. The lowest BCUT2D eigenvalue weighted by molar-refractivity contribution is -0.137. The fourth-order valence-corrected chi connectivity index (χ4v) is 4.95. The number of aromatic nitrogens is 1. The van der Waals surface area contributed by atoms with Crippen molar-refractivity contribution in [3.05, 3.63) is 70.6 Å². The molecule has 0 bridgehead atoms. The molecule has 1 fully saturated rings. The molecule has 1 aromatic heterocycles. The van der Waals surface area contributed by atoms with Gasteiger partial charge in [0.25, 0.3) is 0 Å². The van der Waals surface area contributed by atoms with E-state index in [1.54, 1.807) is 12.1 Å². The van der Waals surface area contributed by atoms with E-state index >= 15 is 0 Å². The van der Waals surface area contributed by atoms with Gasteiger partial charge in [0.15, 0.2) is 5.84 Å². The molecule has 0 spiro atoms. The molecule has 1 saturated heterocycles. The summed E-state index contributed by atoms with van der Waals surface area (Å²) in [5.41, 5.74) is 2.43. The number of hydrogen-bond acceptors (Lipinski definition) is 6. The van der Waals surface area contributed by atoms with Crippen molar-refractivity contribution in [3.63, 3.8) is 0 Å². The van der Waals surface area contributed by atoms with Crippen molar-refractivity contribution in [3.8, 4) is 0 Å². The van der Waals surface area contributed by atoms with E-state index in [1.165, 1.54) is 12.1 Å². The molecular formula is C23H23Cl2F4N5S. The number of aryl methyl sites for hydroxylation is 1. The average Bonchev–Trinajstić information content (AvgIpc) is 3.15. The van der Waals surface area contributed by atoms with E-state index in [0.717, 1.165) is 12.0 Å². The molecule has 2 aliphatic heterocycles. The maximum absolute atomic E-state index is 13.5. The van der Waals surface area contributed by atoms with Gasteiger partial charge >= 0.3 is 6.18 Å². The van der Waals surface area contributed by atoms with Gasteiger partial charge in [-0.1, -0.05) is 35.6 Å². The van der Waals surface area contributed by atoms with Crippen LogP contribution in [0.2, 0.25) is 0 Å². The van der Waals surface area contributed by atoms with Gasteiger partial charge in [0, 0.05) is 25.7 Å². The number of halogens is 6. The largest absolute Gasteiger partial charge is 0.443 e. The lowest BCUT2D eigenvalue weighted by Crippen LogP contribution is -2.53. The topological polar surface area (TPSA) is 52.5 Å². The number of thiazole rings is 1. The minimum absolute atomic E-state index is 0. The Morgan fingerprint density at radius 2 is 1.89 bits per heavy atom. The Kier molecular flexibility index (Phi) is 8.63. The summed E-state index contributed by atoms with van der Waals surface area (Å²) in [7, 11) is 0. The van der Waals surface area contributed by atoms with Crippen molar-refractivity contribution in [2.45, 2.75) is 25.1 Å². The number of piperazine rings is 1. The third kappa shape index (κ3) is 6.06. The van der Waals surface area contributed by atoms with Crippen LogP contribution in [0.4, 0.5) is 33.9 Å². The average molecular weight is 548 g/mol. The molecule has 2 aromatic carbocycles. The Morgan fingerprint density at radius 3 is 2.66 bits per heavy atom. The number of nitrogens with one attached hydrogen (secondary N) is 2. The lowest BCUT2D eigenvalue weighted by Gasteiger charge is -2.35. The molecule has 12 heteroatoms. The highest BCUT2D eigenvalue weighted by molar-refractivity contribution is 7.16. The van der Waals surface area contributed by atoms with E-state index in [1.807, 2.05) is 29.2 Å². The molecule has 0 aliphatic carbocycles. The molecule has 188 valence electrons. The Labute approximate surface area is 216 Å². The molecule has 5 rings (SSSR count). The molecule has 2 N–H and O–H groups in total. The van der Waals surface area contributed by atoms with Gasteiger partial charge in [-0.25, -0.2) is 14.4 Å². The second-order valence-corrected chi connectivity index (χ2v) is 9.04. The van der Waals surface area contributed by atoms with Crippen molar-refractivity contribution in [2.75, 3.05) is 25.0 Å². The van der Waals surface area contributed by atoms with Crippen LogP contribution < -0.4 is 10.6 Å². The van der Waals surface area contributed by atoms with Crippen LogP contribution in [0.5, 0.6) is 0 Å². The number of benzene rings is 2. The maximum atomic E-state index is 13.5. The van der Waals surface area contributed by atoms with Gasteiger partial charge in [-0.2, -0.15) is 13.2 Å². The highest BCUT2D eigenvalue weighted by Gasteiger charge is 2.38. The third-order valence-electron chi connectivity index (χ3n) is 5.69. The molecule has 5 nitrogen and oxygen atoms in total. The zero-order chi connectivity index (χ0) is 23.0. The Balaban J connectivity index is 0.00000171. The van der Waals surface area contributed by atoms with Crippen LogP contribution in [-0.2, 0) is 12.6 Å². The SMILES string of the molecule is Cl.Cl.Fc1cccc(CCC2CN(C3=Nc4ccccc4Nc4sc(C(F)(F)F)nc43)CCN2)c1. The predicted molar refractivity (Wildman–Crippen MR) is 136 cm³/mol.